The van der Waals surface area contributed by atoms with E-state index in [1.165, 1.54) is 12.0 Å². The molecule has 0 unspecified atom stereocenters. The summed E-state index contributed by atoms with van der Waals surface area (Å²) in [5.41, 5.74) is 0.765. The van der Waals surface area contributed by atoms with Crippen molar-refractivity contribution in [3.63, 3.8) is 0 Å². The Labute approximate surface area is 251 Å². The summed E-state index contributed by atoms with van der Waals surface area (Å²) in [6.07, 6.45) is 2.67. The first kappa shape index (κ1) is 32.1. The first-order valence-corrected chi connectivity index (χ1v) is 13.8. The van der Waals surface area contributed by atoms with Crippen molar-refractivity contribution in [3.8, 4) is 11.5 Å². The largest absolute Gasteiger partial charge is 0.493 e. The molecule has 1 aromatic carbocycles. The van der Waals surface area contributed by atoms with Crippen molar-refractivity contribution in [3.05, 3.63) is 58.5 Å². The summed E-state index contributed by atoms with van der Waals surface area (Å²) < 4.78 is 22.4. The van der Waals surface area contributed by atoms with Crippen molar-refractivity contribution < 1.29 is 28.5 Å². The third-order valence-corrected chi connectivity index (χ3v) is 6.66. The highest BCUT2D eigenvalue weighted by atomic mass is 35.5. The van der Waals surface area contributed by atoms with Crippen LogP contribution in [0.15, 0.2) is 47.9 Å². The lowest BCUT2D eigenvalue weighted by molar-refractivity contribution is -0.116. The molecule has 1 aromatic heterocycles. The molecule has 0 aliphatic carbocycles. The normalized spacial score (nSPS) is 14.0. The number of hydrogen-bond donors (Lipinski definition) is 2. The van der Waals surface area contributed by atoms with E-state index in [0.29, 0.717) is 34.5 Å². The Hall–Kier alpha value is -3.41. The number of rotatable bonds is 10. The minimum Gasteiger partial charge on any atom is -0.493 e. The van der Waals surface area contributed by atoms with Gasteiger partial charge in [0.2, 0.25) is 0 Å². The molecule has 0 spiro atoms. The molecule has 10 nitrogen and oxygen atoms in total. The summed E-state index contributed by atoms with van der Waals surface area (Å²) in [6, 6.07) is 6.98. The fourth-order valence-corrected chi connectivity index (χ4v) is 4.41. The number of carbonyl (C=O) groups excluding carboxylic acids is 2. The van der Waals surface area contributed by atoms with Crippen molar-refractivity contribution in [1.82, 2.24) is 15.2 Å². The summed E-state index contributed by atoms with van der Waals surface area (Å²) in [5, 5.41) is 6.79. The van der Waals surface area contributed by atoms with Crippen molar-refractivity contribution in [2.75, 3.05) is 39.2 Å². The number of anilines is 1. The smallest absolute Gasteiger partial charge is 0.411 e. The lowest BCUT2D eigenvalue weighted by atomic mass is 10.0. The van der Waals surface area contributed by atoms with Crippen LogP contribution in [0.5, 0.6) is 11.5 Å². The maximum absolute atomic E-state index is 13.5. The molecule has 2 heterocycles. The number of halogens is 1. The number of pyridine rings is 1. The Morgan fingerprint density at radius 3 is 2.54 bits per heavy atom. The average molecular weight is 605 g/mol. The van der Waals surface area contributed by atoms with Gasteiger partial charge in [-0.05, 0) is 52.8 Å². The van der Waals surface area contributed by atoms with E-state index < -0.39 is 17.3 Å². The summed E-state index contributed by atoms with van der Waals surface area (Å²) in [7, 11) is 3.11. The maximum atomic E-state index is 13.5. The van der Waals surface area contributed by atoms with E-state index in [0.717, 1.165) is 5.56 Å². The van der Waals surface area contributed by atoms with Gasteiger partial charge in [-0.3, -0.25) is 14.7 Å². The molecule has 0 saturated heterocycles. The lowest BCUT2D eigenvalue weighted by Crippen LogP contribution is -2.48. The van der Waals surface area contributed by atoms with Crippen molar-refractivity contribution in [2.24, 2.45) is 0 Å². The molecule has 222 valence electrons. The van der Waals surface area contributed by atoms with Crippen molar-refractivity contribution in [2.45, 2.75) is 52.4 Å². The van der Waals surface area contributed by atoms with E-state index >= 15 is 0 Å². The summed E-state index contributed by atoms with van der Waals surface area (Å²) in [6.45, 7) is 9.58. The maximum Gasteiger partial charge on any atom is 0.411 e. The van der Waals surface area contributed by atoms with Crippen molar-refractivity contribution in [1.29, 1.82) is 0 Å². The van der Waals surface area contributed by atoms with Gasteiger partial charge in [-0.25, -0.2) is 4.79 Å². The first-order chi connectivity index (χ1) is 19.2. The number of ketones is 1. The fraction of sp³-hybridized carbons (Fsp3) is 0.448. The zero-order chi connectivity index (χ0) is 30.4. The highest BCUT2D eigenvalue weighted by molar-refractivity contribution is 7.81. The van der Waals surface area contributed by atoms with Crippen molar-refractivity contribution >= 4 is 46.4 Å². The number of carbonyl (C=O) groups is 2. The van der Waals surface area contributed by atoms with Crippen LogP contribution in [0.1, 0.15) is 40.2 Å². The average Bonchev–Trinajstić information content (AvgIpc) is 2.90. The molecule has 1 aliphatic heterocycles. The monoisotopic (exact) mass is 604 g/mol. The Morgan fingerprint density at radius 1 is 1.15 bits per heavy atom. The SMILES string of the molecule is COc1c(Cl)cccc1NC(=S)C1=C(NCc2ccncc2OCC(C)(C)OC)CN(C(=O)OC(C)(C)C)CC1=O. The molecule has 0 saturated carbocycles. The van der Waals surface area contributed by atoms with Crippen LogP contribution in [-0.4, -0.2) is 71.9 Å². The predicted molar refractivity (Wildman–Crippen MR) is 162 cm³/mol. The zero-order valence-electron chi connectivity index (χ0n) is 24.4. The highest BCUT2D eigenvalue weighted by Crippen LogP contribution is 2.33. The van der Waals surface area contributed by atoms with Crippen LogP contribution in [-0.2, 0) is 20.8 Å². The molecule has 0 bridgehead atoms. The number of aromatic nitrogens is 1. The second-order valence-corrected chi connectivity index (χ2v) is 11.8. The van der Waals surface area contributed by atoms with Gasteiger partial charge in [0.25, 0.3) is 0 Å². The quantitative estimate of drug-likeness (QED) is 0.353. The van der Waals surface area contributed by atoms with E-state index in [9.17, 15) is 9.59 Å². The van der Waals surface area contributed by atoms with E-state index in [4.69, 9.17) is 42.8 Å². The van der Waals surface area contributed by atoms with Gasteiger partial charge in [0.1, 0.15) is 22.9 Å². The molecular weight excluding hydrogens is 568 g/mol. The Balaban J connectivity index is 1.93. The summed E-state index contributed by atoms with van der Waals surface area (Å²) in [5.74, 6) is 0.599. The number of methoxy groups -OCH3 is 2. The van der Waals surface area contributed by atoms with E-state index in [-0.39, 0.29) is 36.0 Å². The molecule has 3 rings (SSSR count). The molecule has 1 aliphatic rings. The molecule has 0 atom stereocenters. The number of hydrogen-bond acceptors (Lipinski definition) is 9. The molecule has 41 heavy (non-hydrogen) atoms. The number of amides is 1. The van der Waals surface area contributed by atoms with Gasteiger partial charge in [-0.1, -0.05) is 29.9 Å². The van der Waals surface area contributed by atoms with Gasteiger partial charge in [-0.2, -0.15) is 0 Å². The number of ether oxygens (including phenoxy) is 4. The standard InChI is InChI=1S/C29H37ClN4O6S/c1-28(2,3)40-27(36)34-15-21(32-13-18-11-12-31-14-23(18)39-17-29(4,5)38-7)24(22(35)16-34)26(41)33-20-10-8-9-19(30)25(20)37-6/h8-12,14,32H,13,15-17H2,1-7H3,(H,33,41). The minimum atomic E-state index is -0.725. The van der Waals surface area contributed by atoms with E-state index in [2.05, 4.69) is 15.6 Å². The second kappa shape index (κ2) is 13.5. The molecule has 1 amide bonds. The van der Waals surface area contributed by atoms with Gasteiger partial charge in [0.15, 0.2) is 11.5 Å². The number of nitrogens with one attached hydrogen (secondary N) is 2. The number of para-hydroxylation sites is 1. The Morgan fingerprint density at radius 2 is 1.88 bits per heavy atom. The molecule has 0 radical (unpaired) electrons. The van der Waals surface area contributed by atoms with Crippen LogP contribution in [0.3, 0.4) is 0 Å². The van der Waals surface area contributed by atoms with Gasteiger partial charge >= 0.3 is 6.09 Å². The van der Waals surface area contributed by atoms with E-state index in [1.54, 1.807) is 58.5 Å². The van der Waals surface area contributed by atoms with Gasteiger partial charge < -0.3 is 29.6 Å². The highest BCUT2D eigenvalue weighted by Gasteiger charge is 2.34. The van der Waals surface area contributed by atoms with Crippen LogP contribution in [0.2, 0.25) is 5.02 Å². The predicted octanol–water partition coefficient (Wildman–Crippen LogP) is 5.15. The fourth-order valence-electron chi connectivity index (χ4n) is 3.81. The Kier molecular flexibility index (Phi) is 10.6. The van der Waals surface area contributed by atoms with Crippen LogP contribution in [0, 0.1) is 0 Å². The molecule has 2 N–H and O–H groups in total. The van der Waals surface area contributed by atoms with Gasteiger partial charge in [-0.15, -0.1) is 0 Å². The van der Waals surface area contributed by atoms with Gasteiger partial charge in [0, 0.05) is 31.1 Å². The topological polar surface area (TPSA) is 111 Å². The number of nitrogens with zero attached hydrogens (tertiary/aromatic N) is 2. The van der Waals surface area contributed by atoms with Crippen LogP contribution >= 0.6 is 23.8 Å². The molecule has 0 fully saturated rings. The van der Waals surface area contributed by atoms with Crippen LogP contribution in [0.25, 0.3) is 0 Å². The van der Waals surface area contributed by atoms with Crippen LogP contribution < -0.4 is 20.1 Å². The number of benzene rings is 1. The summed E-state index contributed by atoms with van der Waals surface area (Å²) >= 11 is 12.0. The second-order valence-electron chi connectivity index (χ2n) is 11.0. The lowest BCUT2D eigenvalue weighted by Gasteiger charge is -2.32. The number of thiocarbonyl (C=S) groups is 1. The van der Waals surface area contributed by atoms with Crippen LogP contribution in [0.4, 0.5) is 10.5 Å². The first-order valence-electron chi connectivity index (χ1n) is 13.0. The van der Waals surface area contributed by atoms with E-state index in [1.807, 2.05) is 19.9 Å². The molecule has 2 aromatic rings. The third-order valence-electron chi connectivity index (χ3n) is 6.05. The summed E-state index contributed by atoms with van der Waals surface area (Å²) in [4.78, 5) is 32.1. The zero-order valence-corrected chi connectivity index (χ0v) is 26.0. The van der Waals surface area contributed by atoms with Gasteiger partial charge in [0.05, 0.1) is 48.3 Å². The molecule has 12 heteroatoms. The Bertz CT molecular complexity index is 1320. The molecular formula is C29H37ClN4O6S. The number of Topliss-reactive ketones (excluding diaryl/α,β-unsaturated/α-hetero) is 1. The minimum absolute atomic E-state index is 0.0719. The third kappa shape index (κ3) is 8.79.